The van der Waals surface area contributed by atoms with Gasteiger partial charge in [-0.15, -0.1) is 0 Å². The molecular formula is C30H26N4O4S. The molecule has 0 bridgehead atoms. The van der Waals surface area contributed by atoms with Gasteiger partial charge in [0.2, 0.25) is 0 Å². The second kappa shape index (κ2) is 9.36. The summed E-state index contributed by atoms with van der Waals surface area (Å²) >= 11 is 1.29. The number of amides is 1. The quantitative estimate of drug-likeness (QED) is 0.174. The molecule has 4 heterocycles. The lowest BCUT2D eigenvalue weighted by atomic mass is 9.95. The zero-order valence-electron chi connectivity index (χ0n) is 21.9. The Hall–Kier alpha value is -4.50. The van der Waals surface area contributed by atoms with E-state index in [9.17, 15) is 14.7 Å². The van der Waals surface area contributed by atoms with Crippen molar-refractivity contribution in [3.05, 3.63) is 94.4 Å². The third kappa shape index (κ3) is 3.88. The van der Waals surface area contributed by atoms with E-state index < -0.39 is 17.7 Å². The number of benzene rings is 2. The van der Waals surface area contributed by atoms with Crippen molar-refractivity contribution in [1.29, 1.82) is 0 Å². The van der Waals surface area contributed by atoms with Crippen LogP contribution in [0.4, 0.5) is 5.13 Å². The predicted octanol–water partition coefficient (Wildman–Crippen LogP) is 5.76. The van der Waals surface area contributed by atoms with Crippen molar-refractivity contribution >= 4 is 49.8 Å². The van der Waals surface area contributed by atoms with E-state index in [4.69, 9.17) is 4.74 Å². The summed E-state index contributed by atoms with van der Waals surface area (Å²) in [5.41, 5.74) is 5.04. The zero-order chi connectivity index (χ0) is 27.4. The van der Waals surface area contributed by atoms with Gasteiger partial charge in [0.1, 0.15) is 17.1 Å². The molecule has 0 radical (unpaired) electrons. The fraction of sp³-hybridized carbons (Fsp3) is 0.200. The van der Waals surface area contributed by atoms with E-state index in [0.29, 0.717) is 33.3 Å². The van der Waals surface area contributed by atoms with E-state index in [-0.39, 0.29) is 17.0 Å². The molecule has 3 aromatic heterocycles. The molecule has 1 amide bonds. The Balaban J connectivity index is 1.58. The number of hydrogen-bond acceptors (Lipinski definition) is 7. The predicted molar refractivity (Wildman–Crippen MR) is 151 cm³/mol. The number of Topliss-reactive ketones (excluding diaryl/α,β-unsaturated/α-hetero) is 1. The molecule has 1 unspecified atom stereocenters. The number of aliphatic hydroxyl groups is 1. The number of hydrogen-bond donors (Lipinski definition) is 1. The van der Waals surface area contributed by atoms with Gasteiger partial charge in [0.25, 0.3) is 5.78 Å². The number of methoxy groups -OCH3 is 1. The van der Waals surface area contributed by atoms with E-state index in [1.807, 2.05) is 73.0 Å². The third-order valence-corrected chi connectivity index (χ3v) is 8.26. The van der Waals surface area contributed by atoms with Crippen LogP contribution in [-0.2, 0) is 16.0 Å². The van der Waals surface area contributed by atoms with Crippen LogP contribution >= 0.6 is 11.3 Å². The van der Waals surface area contributed by atoms with Crippen molar-refractivity contribution in [3.8, 4) is 5.75 Å². The number of aromatic nitrogens is 3. The van der Waals surface area contributed by atoms with Crippen molar-refractivity contribution in [2.75, 3.05) is 12.0 Å². The summed E-state index contributed by atoms with van der Waals surface area (Å²) in [6.45, 7) is 5.82. The number of fused-ring (bicyclic) bond motifs is 2. The highest BCUT2D eigenvalue weighted by molar-refractivity contribution is 7.22. The number of ketones is 1. The Morgan fingerprint density at radius 1 is 1.08 bits per heavy atom. The second-order valence-corrected chi connectivity index (χ2v) is 10.5. The summed E-state index contributed by atoms with van der Waals surface area (Å²) < 4.78 is 8.03. The Labute approximate surface area is 228 Å². The molecule has 0 saturated carbocycles. The minimum Gasteiger partial charge on any atom is -0.505 e. The number of carbonyl (C=O) groups is 2. The first-order valence-electron chi connectivity index (χ1n) is 12.6. The standard InChI is InChI=1S/C30H26N4O4S/c1-5-18-8-10-19(11-9-18)25-23(26(35)24-17(3)33-14-6-7-16(2)28(33)32-24)27(36)29(37)34(25)30-31-21-13-12-20(38-4)15-22(21)39-30/h6-15,25,35H,5H2,1-4H3. The lowest BCUT2D eigenvalue weighted by Gasteiger charge is -2.23. The highest BCUT2D eigenvalue weighted by Gasteiger charge is 2.48. The first kappa shape index (κ1) is 24.8. The largest absolute Gasteiger partial charge is 0.505 e. The van der Waals surface area contributed by atoms with E-state index in [2.05, 4.69) is 16.9 Å². The molecule has 39 heavy (non-hydrogen) atoms. The molecule has 1 fully saturated rings. The molecule has 1 atom stereocenters. The number of anilines is 1. The van der Waals surface area contributed by atoms with Crippen molar-refractivity contribution < 1.29 is 19.4 Å². The van der Waals surface area contributed by atoms with Gasteiger partial charge in [-0.05, 0) is 61.2 Å². The minimum absolute atomic E-state index is 0.00903. The molecule has 9 heteroatoms. The summed E-state index contributed by atoms with van der Waals surface area (Å²) in [6.07, 6.45) is 2.70. The lowest BCUT2D eigenvalue weighted by Crippen LogP contribution is -2.29. The molecule has 1 aliphatic rings. The smallest absolute Gasteiger partial charge is 0.301 e. The first-order chi connectivity index (χ1) is 18.8. The van der Waals surface area contributed by atoms with Crippen LogP contribution in [0.15, 0.2) is 66.4 Å². The number of imidazole rings is 1. The number of rotatable bonds is 5. The number of nitrogens with zero attached hydrogens (tertiary/aromatic N) is 4. The average molecular weight is 539 g/mol. The maximum Gasteiger partial charge on any atom is 0.301 e. The van der Waals surface area contributed by atoms with Gasteiger partial charge in [-0.2, -0.15) is 0 Å². The highest BCUT2D eigenvalue weighted by atomic mass is 32.1. The minimum atomic E-state index is -0.872. The van der Waals surface area contributed by atoms with E-state index in [1.54, 1.807) is 13.2 Å². The normalized spacial score (nSPS) is 17.0. The molecule has 1 saturated heterocycles. The van der Waals surface area contributed by atoms with Gasteiger partial charge in [0.15, 0.2) is 10.9 Å². The number of thiazole rings is 1. The maximum atomic E-state index is 13.6. The first-order valence-corrected chi connectivity index (χ1v) is 13.4. The third-order valence-electron chi connectivity index (χ3n) is 7.25. The number of aryl methyl sites for hydroxylation is 3. The van der Waals surface area contributed by atoms with Gasteiger partial charge < -0.3 is 14.2 Å². The number of ether oxygens (including phenoxy) is 1. The summed E-state index contributed by atoms with van der Waals surface area (Å²) in [5, 5.41) is 12.0. The molecule has 0 spiro atoms. The van der Waals surface area contributed by atoms with E-state index in [1.165, 1.54) is 16.2 Å². The van der Waals surface area contributed by atoms with Crippen LogP contribution in [0.1, 0.15) is 41.0 Å². The number of aliphatic hydroxyl groups excluding tert-OH is 1. The second-order valence-electron chi connectivity index (χ2n) is 9.52. The zero-order valence-corrected chi connectivity index (χ0v) is 22.7. The lowest BCUT2D eigenvalue weighted by molar-refractivity contribution is -0.132. The molecular weight excluding hydrogens is 512 g/mol. The van der Waals surface area contributed by atoms with E-state index in [0.717, 1.165) is 22.2 Å². The Bertz CT molecular complexity index is 1820. The van der Waals surface area contributed by atoms with Crippen LogP contribution in [0.5, 0.6) is 5.75 Å². The number of pyridine rings is 1. The fourth-order valence-electron chi connectivity index (χ4n) is 5.08. The Kier molecular flexibility index (Phi) is 5.95. The number of carbonyl (C=O) groups excluding carboxylic acids is 2. The summed E-state index contributed by atoms with van der Waals surface area (Å²) in [5.74, 6) is -1.15. The average Bonchev–Trinajstić information content (AvgIpc) is 3.60. The topological polar surface area (TPSA) is 97.0 Å². The van der Waals surface area contributed by atoms with Gasteiger partial charge in [-0.1, -0.05) is 48.6 Å². The molecule has 5 aromatic rings. The molecule has 1 aliphatic heterocycles. The molecule has 6 rings (SSSR count). The van der Waals surface area contributed by atoms with Gasteiger partial charge in [-0.25, -0.2) is 9.97 Å². The Morgan fingerprint density at radius 2 is 1.85 bits per heavy atom. The van der Waals surface area contributed by atoms with Gasteiger partial charge in [0.05, 0.1) is 34.6 Å². The van der Waals surface area contributed by atoms with Crippen molar-refractivity contribution in [2.24, 2.45) is 0 Å². The van der Waals surface area contributed by atoms with Gasteiger partial charge >= 0.3 is 5.91 Å². The molecule has 1 N–H and O–H groups in total. The van der Waals surface area contributed by atoms with Crippen molar-refractivity contribution in [3.63, 3.8) is 0 Å². The summed E-state index contributed by atoms with van der Waals surface area (Å²) in [6, 6.07) is 16.2. The van der Waals surface area contributed by atoms with Crippen LogP contribution in [-0.4, -0.2) is 38.3 Å². The molecule has 2 aromatic carbocycles. The molecule has 8 nitrogen and oxygen atoms in total. The SMILES string of the molecule is CCc1ccc(C2C(=C(O)c3nc4c(C)cccn4c3C)C(=O)C(=O)N2c2nc3ccc(OC)cc3s2)cc1. The molecule has 0 aliphatic carbocycles. The van der Waals surface area contributed by atoms with Crippen LogP contribution in [0, 0.1) is 13.8 Å². The Morgan fingerprint density at radius 3 is 2.54 bits per heavy atom. The fourth-order valence-corrected chi connectivity index (χ4v) is 6.10. The van der Waals surface area contributed by atoms with Crippen LogP contribution in [0.2, 0.25) is 0 Å². The van der Waals surface area contributed by atoms with Crippen molar-refractivity contribution in [1.82, 2.24) is 14.4 Å². The maximum absolute atomic E-state index is 13.6. The molecule has 196 valence electrons. The monoisotopic (exact) mass is 538 g/mol. The summed E-state index contributed by atoms with van der Waals surface area (Å²) in [4.78, 5) is 38.0. The van der Waals surface area contributed by atoms with Gasteiger partial charge in [0, 0.05) is 6.20 Å². The van der Waals surface area contributed by atoms with E-state index >= 15 is 0 Å². The van der Waals surface area contributed by atoms with Crippen LogP contribution in [0.3, 0.4) is 0 Å². The highest BCUT2D eigenvalue weighted by Crippen LogP contribution is 2.45. The summed E-state index contributed by atoms with van der Waals surface area (Å²) in [7, 11) is 1.59. The van der Waals surface area contributed by atoms with Gasteiger partial charge in [-0.3, -0.25) is 14.5 Å². The van der Waals surface area contributed by atoms with Crippen LogP contribution < -0.4 is 9.64 Å². The van der Waals surface area contributed by atoms with Crippen molar-refractivity contribution in [2.45, 2.75) is 33.2 Å². The van der Waals surface area contributed by atoms with Crippen LogP contribution in [0.25, 0.3) is 21.6 Å².